The van der Waals surface area contributed by atoms with Gasteiger partial charge in [-0.15, -0.1) is 0 Å². The molecule has 0 aliphatic rings. The Morgan fingerprint density at radius 2 is 1.80 bits per heavy atom. The second-order valence-electron chi connectivity index (χ2n) is 7.17. The van der Waals surface area contributed by atoms with Crippen LogP contribution in [0.2, 0.25) is 0 Å². The van der Waals surface area contributed by atoms with Crippen LogP contribution >= 0.6 is 11.3 Å². The van der Waals surface area contributed by atoms with Gasteiger partial charge in [0.25, 0.3) is 0 Å². The molecule has 2 N–H and O–H groups in total. The Morgan fingerprint density at radius 3 is 2.47 bits per heavy atom. The molecule has 0 saturated carbocycles. The van der Waals surface area contributed by atoms with Gasteiger partial charge in [0.15, 0.2) is 16.7 Å². The van der Waals surface area contributed by atoms with E-state index < -0.39 is 23.3 Å². The van der Waals surface area contributed by atoms with Crippen LogP contribution in [-0.4, -0.2) is 27.6 Å². The van der Waals surface area contributed by atoms with Crippen LogP contribution in [-0.2, 0) is 9.53 Å². The fourth-order valence-corrected chi connectivity index (χ4v) is 3.17. The molecule has 0 aliphatic heterocycles. The van der Waals surface area contributed by atoms with Crippen molar-refractivity contribution in [1.82, 2.24) is 9.97 Å². The average Bonchev–Trinajstić information content (AvgIpc) is 2.98. The summed E-state index contributed by atoms with van der Waals surface area (Å²) in [5.74, 6) is -2.57. The van der Waals surface area contributed by atoms with Crippen LogP contribution < -0.4 is 15.4 Å². The summed E-state index contributed by atoms with van der Waals surface area (Å²) in [6.07, 6.45) is -0.895. The maximum absolute atomic E-state index is 14.2. The zero-order valence-electron chi connectivity index (χ0n) is 16.5. The molecule has 0 radical (unpaired) electrons. The van der Waals surface area contributed by atoms with Gasteiger partial charge in [-0.05, 0) is 26.8 Å². The molecule has 0 atom stereocenters. The summed E-state index contributed by atoms with van der Waals surface area (Å²) in [6, 6.07) is 4.61. The molecule has 8 nitrogen and oxygen atoms in total. The van der Waals surface area contributed by atoms with Gasteiger partial charge in [-0.2, -0.15) is 0 Å². The number of hydrogen-bond donors (Lipinski definition) is 2. The zero-order valence-corrected chi connectivity index (χ0v) is 17.3. The fraction of sp³-hybridized carbons (Fsp3) is 0.263. The van der Waals surface area contributed by atoms with Crippen LogP contribution in [0.1, 0.15) is 27.7 Å². The molecule has 158 valence electrons. The Kier molecular flexibility index (Phi) is 5.83. The van der Waals surface area contributed by atoms with Crippen molar-refractivity contribution in [3.8, 4) is 11.6 Å². The van der Waals surface area contributed by atoms with E-state index in [0.717, 1.165) is 17.4 Å². The molecule has 0 aliphatic carbocycles. The van der Waals surface area contributed by atoms with Crippen LogP contribution in [0.15, 0.2) is 24.3 Å². The van der Waals surface area contributed by atoms with E-state index in [1.54, 1.807) is 26.8 Å². The van der Waals surface area contributed by atoms with E-state index >= 15 is 0 Å². The summed E-state index contributed by atoms with van der Waals surface area (Å²) >= 11 is 1.11. The van der Waals surface area contributed by atoms with Crippen LogP contribution in [0, 0.1) is 11.6 Å². The quantitative estimate of drug-likeness (QED) is 0.592. The molecule has 1 aromatic carbocycles. The molecule has 2 aromatic heterocycles. The van der Waals surface area contributed by atoms with Gasteiger partial charge in [-0.3, -0.25) is 10.1 Å². The monoisotopic (exact) mass is 436 g/mol. The van der Waals surface area contributed by atoms with Crippen molar-refractivity contribution in [1.29, 1.82) is 0 Å². The van der Waals surface area contributed by atoms with Crippen LogP contribution in [0.5, 0.6) is 11.6 Å². The predicted molar refractivity (Wildman–Crippen MR) is 108 cm³/mol. The highest BCUT2D eigenvalue weighted by molar-refractivity contribution is 7.21. The van der Waals surface area contributed by atoms with Crippen molar-refractivity contribution >= 4 is 44.5 Å². The lowest BCUT2D eigenvalue weighted by Gasteiger charge is -2.20. The molecule has 0 fully saturated rings. The number of pyridine rings is 1. The van der Waals surface area contributed by atoms with Crippen LogP contribution in [0.3, 0.4) is 0 Å². The molecule has 2 amide bonds. The van der Waals surface area contributed by atoms with Crippen molar-refractivity contribution in [3.05, 3.63) is 35.9 Å². The number of carbonyl (C=O) groups is 2. The van der Waals surface area contributed by atoms with E-state index in [2.05, 4.69) is 20.6 Å². The van der Waals surface area contributed by atoms with Gasteiger partial charge in [0.2, 0.25) is 11.8 Å². The number of nitrogens with one attached hydrogen (secondary N) is 2. The highest BCUT2D eigenvalue weighted by Gasteiger charge is 2.19. The minimum absolute atomic E-state index is 0.0225. The second-order valence-corrected chi connectivity index (χ2v) is 8.14. The van der Waals surface area contributed by atoms with Gasteiger partial charge in [0.05, 0.1) is 5.69 Å². The molecular formula is C19H18F2N4O4S. The van der Waals surface area contributed by atoms with Gasteiger partial charge < -0.3 is 14.8 Å². The highest BCUT2D eigenvalue weighted by atomic mass is 32.1. The number of aromatic nitrogens is 2. The summed E-state index contributed by atoms with van der Waals surface area (Å²) in [5.41, 5.74) is -0.584. The molecule has 0 unspecified atom stereocenters. The maximum Gasteiger partial charge on any atom is 0.412 e. The Bertz CT molecular complexity index is 1130. The number of amides is 2. The van der Waals surface area contributed by atoms with E-state index in [0.29, 0.717) is 21.5 Å². The Hall–Kier alpha value is -3.34. The molecule has 30 heavy (non-hydrogen) atoms. The lowest BCUT2D eigenvalue weighted by Crippen LogP contribution is -2.27. The van der Waals surface area contributed by atoms with E-state index in [1.807, 2.05) is 0 Å². The van der Waals surface area contributed by atoms with Crippen molar-refractivity contribution in [2.24, 2.45) is 0 Å². The molecule has 0 spiro atoms. The lowest BCUT2D eigenvalue weighted by molar-refractivity contribution is -0.114. The summed E-state index contributed by atoms with van der Waals surface area (Å²) < 4.78 is 38.7. The van der Waals surface area contributed by atoms with Crippen LogP contribution in [0.4, 0.5) is 24.4 Å². The second kappa shape index (κ2) is 8.19. The first-order valence-corrected chi connectivity index (χ1v) is 9.54. The number of rotatable bonds is 4. The van der Waals surface area contributed by atoms with E-state index in [4.69, 9.17) is 9.47 Å². The third-order valence-electron chi connectivity index (χ3n) is 3.38. The first kappa shape index (κ1) is 21.4. The molecule has 2 heterocycles. The Morgan fingerprint density at radius 1 is 1.07 bits per heavy atom. The number of nitrogens with zero attached hydrogens (tertiary/aromatic N) is 2. The van der Waals surface area contributed by atoms with Gasteiger partial charge in [-0.1, -0.05) is 11.3 Å². The minimum Gasteiger partial charge on any atom is -0.444 e. The standard InChI is InChI=1S/C19H18F2N4O4S/c1-9(26)22-17-23-12-5-6-15(25-16(12)30-17)28-14-8-13(10(20)7-11(14)21)24-18(27)29-19(2,3)4/h5-8H,1-4H3,(H,24,27)(H,22,23,26). The third kappa shape index (κ3) is 5.38. The molecule has 11 heteroatoms. The van der Waals surface area contributed by atoms with Crippen molar-refractivity contribution in [2.75, 3.05) is 10.6 Å². The summed E-state index contributed by atoms with van der Waals surface area (Å²) in [5, 5.41) is 5.13. The van der Waals surface area contributed by atoms with Gasteiger partial charge in [0, 0.05) is 25.1 Å². The number of ether oxygens (including phenoxy) is 2. The highest BCUT2D eigenvalue weighted by Crippen LogP contribution is 2.31. The lowest BCUT2D eigenvalue weighted by atomic mass is 10.2. The smallest absolute Gasteiger partial charge is 0.412 e. The van der Waals surface area contributed by atoms with Gasteiger partial charge in [-0.25, -0.2) is 23.5 Å². The number of benzene rings is 1. The predicted octanol–water partition coefficient (Wildman–Crippen LogP) is 5.07. The molecule has 3 rings (SSSR count). The van der Waals surface area contributed by atoms with Crippen molar-refractivity contribution < 1.29 is 27.8 Å². The SMILES string of the molecule is CC(=O)Nc1nc2ccc(Oc3cc(NC(=O)OC(C)(C)C)c(F)cc3F)nc2s1. The third-order valence-corrected chi connectivity index (χ3v) is 4.27. The van der Waals surface area contributed by atoms with E-state index in [1.165, 1.54) is 13.0 Å². The minimum atomic E-state index is -0.989. The summed E-state index contributed by atoms with van der Waals surface area (Å²) in [4.78, 5) is 31.9. The summed E-state index contributed by atoms with van der Waals surface area (Å²) in [6.45, 7) is 6.32. The first-order valence-electron chi connectivity index (χ1n) is 8.72. The number of anilines is 2. The van der Waals surface area contributed by atoms with Crippen LogP contribution in [0.25, 0.3) is 10.3 Å². The first-order chi connectivity index (χ1) is 14.0. The van der Waals surface area contributed by atoms with E-state index in [-0.39, 0.29) is 23.2 Å². The Balaban J connectivity index is 1.83. The zero-order chi connectivity index (χ0) is 22.1. The normalized spacial score (nSPS) is 11.3. The average molecular weight is 436 g/mol. The largest absolute Gasteiger partial charge is 0.444 e. The number of hydrogen-bond acceptors (Lipinski definition) is 7. The summed E-state index contributed by atoms with van der Waals surface area (Å²) in [7, 11) is 0. The van der Waals surface area contributed by atoms with Crippen molar-refractivity contribution in [3.63, 3.8) is 0 Å². The molecular weight excluding hydrogens is 418 g/mol. The number of thiazole rings is 1. The van der Waals surface area contributed by atoms with E-state index in [9.17, 15) is 18.4 Å². The Labute approximate surface area is 174 Å². The fourth-order valence-electron chi connectivity index (χ4n) is 2.29. The number of halogens is 2. The number of fused-ring (bicyclic) bond motifs is 1. The number of carbonyl (C=O) groups excluding carboxylic acids is 2. The van der Waals surface area contributed by atoms with Gasteiger partial charge in [0.1, 0.15) is 21.8 Å². The van der Waals surface area contributed by atoms with Crippen molar-refractivity contribution in [2.45, 2.75) is 33.3 Å². The molecule has 0 bridgehead atoms. The maximum atomic E-state index is 14.2. The molecule has 0 saturated heterocycles. The molecule has 3 aromatic rings. The van der Waals surface area contributed by atoms with Gasteiger partial charge >= 0.3 is 6.09 Å². The topological polar surface area (TPSA) is 102 Å².